The van der Waals surface area contributed by atoms with Crippen LogP contribution in [0.15, 0.2) is 24.3 Å². The molecule has 0 heterocycles. The van der Waals surface area contributed by atoms with Crippen molar-refractivity contribution in [2.45, 2.75) is 52.0 Å². The molecule has 0 aromatic heterocycles. The highest BCUT2D eigenvalue weighted by atomic mass is 32.2. The van der Waals surface area contributed by atoms with E-state index in [1.54, 1.807) is 27.7 Å². The van der Waals surface area contributed by atoms with Crippen LogP contribution in [0.25, 0.3) is 0 Å². The van der Waals surface area contributed by atoms with Crippen LogP contribution in [0.4, 0.5) is 4.79 Å². The molecule has 1 amide bonds. The molecule has 0 bridgehead atoms. The van der Waals surface area contributed by atoms with Crippen LogP contribution in [0.3, 0.4) is 0 Å². The molecular formula is C18H27NO5S. The predicted octanol–water partition coefficient (Wildman–Crippen LogP) is 2.70. The molecule has 7 heteroatoms. The van der Waals surface area contributed by atoms with Gasteiger partial charge in [0.15, 0.2) is 0 Å². The molecule has 1 unspecified atom stereocenters. The first-order chi connectivity index (χ1) is 11.6. The lowest BCUT2D eigenvalue weighted by atomic mass is 10.2. The number of rotatable bonds is 7. The summed E-state index contributed by atoms with van der Waals surface area (Å²) in [6.45, 7) is 8.99. The van der Waals surface area contributed by atoms with Gasteiger partial charge < -0.3 is 14.8 Å². The number of carbonyl (C=O) groups excluding carboxylic acids is 2. The van der Waals surface area contributed by atoms with Gasteiger partial charge in [0.05, 0.1) is 12.4 Å². The Balaban J connectivity index is 2.71. The largest absolute Gasteiger partial charge is 0.464 e. The number of hydrogen-bond donors (Lipinski definition) is 1. The first-order valence-corrected chi connectivity index (χ1v) is 9.66. The van der Waals surface area contributed by atoms with Crippen LogP contribution in [-0.2, 0) is 30.8 Å². The Morgan fingerprint density at radius 3 is 2.32 bits per heavy atom. The van der Waals surface area contributed by atoms with E-state index in [9.17, 15) is 13.8 Å². The van der Waals surface area contributed by atoms with Crippen LogP contribution < -0.4 is 5.32 Å². The lowest BCUT2D eigenvalue weighted by molar-refractivity contribution is -0.145. The number of aryl methyl sites for hydroxylation is 1. The standard InChI is InChI=1S/C18H27NO5S/c1-6-23-16(20)15(19-17(21)24-18(3,4)5)12-25(22)11-14-9-7-13(2)8-10-14/h7-10,15H,6,11-12H2,1-5H3,(H,19,21)/t15-,25?/m0/s1. The second-order valence-electron chi connectivity index (χ2n) is 6.69. The van der Waals surface area contributed by atoms with Crippen LogP contribution in [0.1, 0.15) is 38.8 Å². The fourth-order valence-electron chi connectivity index (χ4n) is 1.98. The Bertz CT molecular complexity index is 607. The highest BCUT2D eigenvalue weighted by Crippen LogP contribution is 2.09. The van der Waals surface area contributed by atoms with Gasteiger partial charge in [-0.15, -0.1) is 0 Å². The molecule has 0 aliphatic rings. The van der Waals surface area contributed by atoms with E-state index in [1.807, 2.05) is 31.2 Å². The van der Waals surface area contributed by atoms with Crippen molar-refractivity contribution < 1.29 is 23.3 Å². The Morgan fingerprint density at radius 2 is 1.80 bits per heavy atom. The van der Waals surface area contributed by atoms with E-state index in [-0.39, 0.29) is 12.4 Å². The van der Waals surface area contributed by atoms with Gasteiger partial charge >= 0.3 is 12.1 Å². The topological polar surface area (TPSA) is 81.7 Å². The smallest absolute Gasteiger partial charge is 0.408 e. The Labute approximate surface area is 151 Å². The van der Waals surface area contributed by atoms with Gasteiger partial charge in [-0.25, -0.2) is 9.59 Å². The molecule has 1 N–H and O–H groups in total. The van der Waals surface area contributed by atoms with E-state index >= 15 is 0 Å². The third-order valence-electron chi connectivity index (χ3n) is 3.06. The monoisotopic (exact) mass is 369 g/mol. The Hall–Kier alpha value is -1.89. The third-order valence-corrected chi connectivity index (χ3v) is 4.42. The van der Waals surface area contributed by atoms with Crippen molar-refractivity contribution in [1.29, 1.82) is 0 Å². The van der Waals surface area contributed by atoms with Gasteiger partial charge in [-0.1, -0.05) is 29.8 Å². The molecule has 0 fully saturated rings. The van der Waals surface area contributed by atoms with Gasteiger partial charge in [-0.3, -0.25) is 4.21 Å². The highest BCUT2D eigenvalue weighted by Gasteiger charge is 2.27. The SMILES string of the molecule is CCOC(=O)[C@H](CS(=O)Cc1ccc(C)cc1)NC(=O)OC(C)(C)C. The Morgan fingerprint density at radius 1 is 1.20 bits per heavy atom. The van der Waals surface area contributed by atoms with Crippen molar-refractivity contribution in [3.8, 4) is 0 Å². The van der Waals surface area contributed by atoms with Crippen LogP contribution in [0.5, 0.6) is 0 Å². The number of amides is 1. The second kappa shape index (κ2) is 9.56. The minimum atomic E-state index is -1.34. The molecule has 0 saturated carbocycles. The Kier molecular flexibility index (Phi) is 8.09. The predicted molar refractivity (Wildman–Crippen MR) is 97.7 cm³/mol. The van der Waals surface area contributed by atoms with E-state index in [0.29, 0.717) is 5.75 Å². The van der Waals surface area contributed by atoms with Crippen molar-refractivity contribution in [1.82, 2.24) is 5.32 Å². The fraction of sp³-hybridized carbons (Fsp3) is 0.556. The highest BCUT2D eigenvalue weighted by molar-refractivity contribution is 7.84. The number of benzene rings is 1. The van der Waals surface area contributed by atoms with Gasteiger partial charge in [-0.2, -0.15) is 0 Å². The van der Waals surface area contributed by atoms with Crippen LogP contribution in [-0.4, -0.2) is 40.3 Å². The normalized spacial score (nSPS) is 13.6. The number of ether oxygens (including phenoxy) is 2. The van der Waals surface area contributed by atoms with Gasteiger partial charge in [0.25, 0.3) is 0 Å². The molecule has 1 rings (SSSR count). The summed E-state index contributed by atoms with van der Waals surface area (Å²) in [6, 6.07) is 6.66. The van der Waals surface area contributed by atoms with E-state index < -0.39 is 34.5 Å². The van der Waals surface area contributed by atoms with Crippen LogP contribution in [0, 0.1) is 6.92 Å². The average molecular weight is 369 g/mol. The number of hydrogen-bond acceptors (Lipinski definition) is 5. The minimum absolute atomic E-state index is 0.0358. The average Bonchev–Trinajstić information content (AvgIpc) is 2.47. The van der Waals surface area contributed by atoms with Gasteiger partial charge in [0.1, 0.15) is 11.6 Å². The summed E-state index contributed by atoms with van der Waals surface area (Å²) in [4.78, 5) is 24.0. The zero-order chi connectivity index (χ0) is 19.0. The molecule has 2 atom stereocenters. The third kappa shape index (κ3) is 8.67. The molecule has 140 valence electrons. The maximum Gasteiger partial charge on any atom is 0.408 e. The summed E-state index contributed by atoms with van der Waals surface area (Å²) in [5, 5.41) is 2.46. The summed E-state index contributed by atoms with van der Waals surface area (Å²) in [5.41, 5.74) is 1.33. The molecule has 0 spiro atoms. The molecule has 0 radical (unpaired) electrons. The van der Waals surface area contributed by atoms with E-state index in [4.69, 9.17) is 9.47 Å². The van der Waals surface area contributed by atoms with Gasteiger partial charge in [0, 0.05) is 16.6 Å². The quantitative estimate of drug-likeness (QED) is 0.747. The number of esters is 1. The van der Waals surface area contributed by atoms with Crippen molar-refractivity contribution in [2.75, 3.05) is 12.4 Å². The maximum absolute atomic E-state index is 12.4. The molecule has 1 aromatic carbocycles. The molecule has 25 heavy (non-hydrogen) atoms. The molecule has 6 nitrogen and oxygen atoms in total. The number of nitrogens with one attached hydrogen (secondary N) is 1. The maximum atomic E-state index is 12.4. The molecular weight excluding hydrogens is 342 g/mol. The van der Waals surface area contributed by atoms with E-state index in [0.717, 1.165) is 11.1 Å². The van der Waals surface area contributed by atoms with Gasteiger partial charge in [-0.05, 0) is 40.2 Å². The second-order valence-corrected chi connectivity index (χ2v) is 8.19. The summed E-state index contributed by atoms with van der Waals surface area (Å²) in [5.74, 6) is -0.358. The van der Waals surface area contributed by atoms with Crippen molar-refractivity contribution in [3.63, 3.8) is 0 Å². The van der Waals surface area contributed by atoms with E-state index in [1.165, 1.54) is 0 Å². The summed E-state index contributed by atoms with van der Waals surface area (Å²) in [6.07, 6.45) is -0.738. The minimum Gasteiger partial charge on any atom is -0.464 e. The first kappa shape index (κ1) is 21.2. The lowest BCUT2D eigenvalue weighted by Crippen LogP contribution is -2.47. The van der Waals surface area contributed by atoms with Crippen LogP contribution in [0.2, 0.25) is 0 Å². The van der Waals surface area contributed by atoms with Crippen molar-refractivity contribution >= 4 is 22.9 Å². The summed E-state index contributed by atoms with van der Waals surface area (Å²) in [7, 11) is -1.34. The summed E-state index contributed by atoms with van der Waals surface area (Å²) < 4.78 is 22.5. The number of carbonyl (C=O) groups is 2. The van der Waals surface area contributed by atoms with E-state index in [2.05, 4.69) is 5.32 Å². The van der Waals surface area contributed by atoms with Crippen LogP contribution >= 0.6 is 0 Å². The zero-order valence-corrected chi connectivity index (χ0v) is 16.3. The van der Waals surface area contributed by atoms with Crippen molar-refractivity contribution in [2.24, 2.45) is 0 Å². The summed E-state index contributed by atoms with van der Waals surface area (Å²) >= 11 is 0. The molecule has 0 saturated heterocycles. The molecule has 0 aliphatic heterocycles. The first-order valence-electron chi connectivity index (χ1n) is 8.17. The van der Waals surface area contributed by atoms with Gasteiger partial charge in [0.2, 0.25) is 0 Å². The molecule has 0 aliphatic carbocycles. The molecule has 1 aromatic rings. The van der Waals surface area contributed by atoms with Crippen molar-refractivity contribution in [3.05, 3.63) is 35.4 Å². The fourth-order valence-corrected chi connectivity index (χ4v) is 3.25. The lowest BCUT2D eigenvalue weighted by Gasteiger charge is -2.22. The zero-order valence-electron chi connectivity index (χ0n) is 15.5. The number of alkyl carbamates (subject to hydrolysis) is 1.